The number of hydrogen-bond acceptors (Lipinski definition) is 4. The molecule has 0 saturated heterocycles. The largest absolute Gasteiger partial charge is 0.468 e. The summed E-state index contributed by atoms with van der Waals surface area (Å²) in [6.07, 6.45) is 7.41. The minimum absolute atomic E-state index is 0.125. The minimum Gasteiger partial charge on any atom is -0.468 e. The third-order valence-corrected chi connectivity index (χ3v) is 4.90. The average molecular weight is 282 g/mol. The van der Waals surface area contributed by atoms with Crippen LogP contribution in [0.1, 0.15) is 52.4 Å². The van der Waals surface area contributed by atoms with Gasteiger partial charge in [-0.05, 0) is 51.0 Å². The first-order valence-electron chi connectivity index (χ1n) is 7.95. The Hall–Kier alpha value is -0.610. The summed E-state index contributed by atoms with van der Waals surface area (Å²) < 4.78 is 4.93. The van der Waals surface area contributed by atoms with Gasteiger partial charge >= 0.3 is 5.97 Å². The first-order valence-corrected chi connectivity index (χ1v) is 7.95. The predicted molar refractivity (Wildman–Crippen MR) is 80.6 cm³/mol. The van der Waals surface area contributed by atoms with E-state index in [1.165, 1.54) is 45.6 Å². The van der Waals surface area contributed by atoms with Crippen LogP contribution >= 0.6 is 0 Å². The molecule has 0 bridgehead atoms. The van der Waals surface area contributed by atoms with E-state index in [2.05, 4.69) is 31.1 Å². The second-order valence-electron chi connectivity index (χ2n) is 7.35. The lowest BCUT2D eigenvalue weighted by atomic mass is 9.75. The Morgan fingerprint density at radius 1 is 1.30 bits per heavy atom. The van der Waals surface area contributed by atoms with Crippen LogP contribution in [0.15, 0.2) is 0 Å². The van der Waals surface area contributed by atoms with E-state index in [1.54, 1.807) is 0 Å². The molecule has 4 nitrogen and oxygen atoms in total. The maximum Gasteiger partial charge on any atom is 0.324 e. The van der Waals surface area contributed by atoms with Crippen molar-refractivity contribution in [1.82, 2.24) is 10.2 Å². The van der Waals surface area contributed by atoms with Crippen LogP contribution in [0.4, 0.5) is 0 Å². The average Bonchev–Trinajstić information content (AvgIpc) is 3.20. The van der Waals surface area contributed by atoms with Crippen molar-refractivity contribution in [2.45, 2.75) is 70.5 Å². The zero-order valence-corrected chi connectivity index (χ0v) is 13.4. The molecule has 1 unspecified atom stereocenters. The van der Waals surface area contributed by atoms with Crippen LogP contribution in [0.25, 0.3) is 0 Å². The monoisotopic (exact) mass is 282 g/mol. The molecule has 2 rings (SSSR count). The highest BCUT2D eigenvalue weighted by Crippen LogP contribution is 2.36. The predicted octanol–water partition coefficient (Wildman–Crippen LogP) is 2.18. The van der Waals surface area contributed by atoms with Crippen LogP contribution in [0.2, 0.25) is 0 Å². The molecule has 4 heteroatoms. The molecule has 2 aliphatic rings. The van der Waals surface area contributed by atoms with Crippen molar-refractivity contribution in [2.75, 3.05) is 20.7 Å². The Kier molecular flexibility index (Phi) is 5.08. The molecular formula is C16H30N2O2. The van der Waals surface area contributed by atoms with E-state index in [-0.39, 0.29) is 12.0 Å². The van der Waals surface area contributed by atoms with Crippen molar-refractivity contribution in [3.8, 4) is 0 Å². The molecule has 2 saturated carbocycles. The molecule has 0 aromatic rings. The van der Waals surface area contributed by atoms with E-state index in [9.17, 15) is 4.79 Å². The topological polar surface area (TPSA) is 41.6 Å². The van der Waals surface area contributed by atoms with Crippen molar-refractivity contribution in [1.29, 1.82) is 0 Å². The second kappa shape index (κ2) is 6.44. The van der Waals surface area contributed by atoms with E-state index in [1.807, 2.05) is 0 Å². The molecule has 0 aliphatic heterocycles. The molecule has 0 aromatic heterocycles. The van der Waals surface area contributed by atoms with E-state index in [0.717, 1.165) is 6.54 Å². The quantitative estimate of drug-likeness (QED) is 0.758. The van der Waals surface area contributed by atoms with Crippen LogP contribution in [-0.4, -0.2) is 49.7 Å². The van der Waals surface area contributed by atoms with Gasteiger partial charge in [0.25, 0.3) is 0 Å². The van der Waals surface area contributed by atoms with Gasteiger partial charge in [0, 0.05) is 18.6 Å². The van der Waals surface area contributed by atoms with E-state index < -0.39 is 0 Å². The van der Waals surface area contributed by atoms with E-state index in [0.29, 0.717) is 17.5 Å². The molecule has 1 N–H and O–H groups in total. The van der Waals surface area contributed by atoms with Crippen LogP contribution < -0.4 is 5.32 Å². The highest BCUT2D eigenvalue weighted by molar-refractivity contribution is 5.76. The SMILES string of the molecule is COC(=O)C(CN(C)C1CCC(C)(C)CC1)NC1CC1. The molecule has 2 fully saturated rings. The Bertz CT molecular complexity index is 329. The van der Waals surface area contributed by atoms with E-state index >= 15 is 0 Å². The van der Waals surface area contributed by atoms with E-state index in [4.69, 9.17) is 4.74 Å². The number of nitrogens with zero attached hydrogens (tertiary/aromatic N) is 1. The molecule has 1 atom stereocenters. The first kappa shape index (κ1) is 15.8. The first-order chi connectivity index (χ1) is 9.41. The summed E-state index contributed by atoms with van der Waals surface area (Å²) in [6.45, 7) is 5.47. The fourth-order valence-corrected chi connectivity index (χ4v) is 3.13. The summed E-state index contributed by atoms with van der Waals surface area (Å²) in [5.41, 5.74) is 0.491. The number of nitrogens with one attached hydrogen (secondary N) is 1. The Morgan fingerprint density at radius 2 is 1.90 bits per heavy atom. The molecule has 116 valence electrons. The summed E-state index contributed by atoms with van der Waals surface area (Å²) in [4.78, 5) is 14.2. The maximum atomic E-state index is 11.9. The smallest absolute Gasteiger partial charge is 0.324 e. The molecular weight excluding hydrogens is 252 g/mol. The fraction of sp³-hybridized carbons (Fsp3) is 0.938. The maximum absolute atomic E-state index is 11.9. The third-order valence-electron chi connectivity index (χ3n) is 4.90. The van der Waals surface area contributed by atoms with Crippen LogP contribution in [0.3, 0.4) is 0 Å². The number of esters is 1. The zero-order chi connectivity index (χ0) is 14.8. The van der Waals surface area contributed by atoms with Gasteiger partial charge in [-0.1, -0.05) is 13.8 Å². The lowest BCUT2D eigenvalue weighted by molar-refractivity contribution is -0.143. The van der Waals surface area contributed by atoms with Crippen LogP contribution in [0, 0.1) is 5.41 Å². The highest BCUT2D eigenvalue weighted by Gasteiger charge is 2.33. The molecule has 2 aliphatic carbocycles. The number of carbonyl (C=O) groups is 1. The van der Waals surface area contributed by atoms with Gasteiger partial charge in [-0.3, -0.25) is 4.79 Å². The van der Waals surface area contributed by atoms with Crippen molar-refractivity contribution in [3.05, 3.63) is 0 Å². The van der Waals surface area contributed by atoms with Crippen LogP contribution in [0.5, 0.6) is 0 Å². The van der Waals surface area contributed by atoms with Crippen molar-refractivity contribution < 1.29 is 9.53 Å². The second-order valence-corrected chi connectivity index (χ2v) is 7.35. The van der Waals surface area contributed by atoms with Crippen LogP contribution in [-0.2, 0) is 9.53 Å². The van der Waals surface area contributed by atoms with Crippen molar-refractivity contribution >= 4 is 5.97 Å². The minimum atomic E-state index is -0.174. The summed E-state index contributed by atoms with van der Waals surface area (Å²) in [5.74, 6) is -0.125. The number of carbonyl (C=O) groups excluding carboxylic acids is 1. The normalized spacial score (nSPS) is 24.6. The Labute approximate surface area is 123 Å². The van der Waals surface area contributed by atoms with Gasteiger partial charge in [-0.15, -0.1) is 0 Å². The molecule has 0 amide bonds. The number of methoxy groups -OCH3 is 1. The van der Waals surface area contributed by atoms with Gasteiger partial charge in [0.05, 0.1) is 7.11 Å². The summed E-state index contributed by atoms with van der Waals surface area (Å²) in [6, 6.07) is 0.960. The zero-order valence-electron chi connectivity index (χ0n) is 13.4. The summed E-state index contributed by atoms with van der Waals surface area (Å²) in [5, 5.41) is 3.41. The third kappa shape index (κ3) is 4.45. The number of hydrogen-bond donors (Lipinski definition) is 1. The molecule has 0 radical (unpaired) electrons. The lowest BCUT2D eigenvalue weighted by Crippen LogP contribution is -2.49. The van der Waals surface area contributed by atoms with Gasteiger partial charge in [-0.2, -0.15) is 0 Å². The Balaban J connectivity index is 1.84. The van der Waals surface area contributed by atoms with Gasteiger partial charge in [0.1, 0.15) is 6.04 Å². The number of rotatable bonds is 6. The van der Waals surface area contributed by atoms with Crippen molar-refractivity contribution in [2.24, 2.45) is 5.41 Å². The van der Waals surface area contributed by atoms with Gasteiger partial charge in [-0.25, -0.2) is 0 Å². The summed E-state index contributed by atoms with van der Waals surface area (Å²) >= 11 is 0. The number of ether oxygens (including phenoxy) is 1. The number of likely N-dealkylation sites (N-methyl/N-ethyl adjacent to an activating group) is 1. The van der Waals surface area contributed by atoms with Gasteiger partial charge < -0.3 is 15.0 Å². The summed E-state index contributed by atoms with van der Waals surface area (Å²) in [7, 11) is 3.63. The lowest BCUT2D eigenvalue weighted by Gasteiger charge is -2.39. The molecule has 20 heavy (non-hydrogen) atoms. The van der Waals surface area contributed by atoms with Crippen molar-refractivity contribution in [3.63, 3.8) is 0 Å². The fourth-order valence-electron chi connectivity index (χ4n) is 3.13. The van der Waals surface area contributed by atoms with Gasteiger partial charge in [0.2, 0.25) is 0 Å². The molecule has 0 aromatic carbocycles. The van der Waals surface area contributed by atoms with Gasteiger partial charge in [0.15, 0.2) is 0 Å². The molecule has 0 spiro atoms. The Morgan fingerprint density at radius 3 is 2.40 bits per heavy atom. The molecule has 0 heterocycles. The standard InChI is InChI=1S/C16H30N2O2/c1-16(2)9-7-13(8-10-16)18(3)11-14(15(19)20-4)17-12-5-6-12/h12-14,17H,5-11H2,1-4H3. The highest BCUT2D eigenvalue weighted by atomic mass is 16.5.